The lowest BCUT2D eigenvalue weighted by molar-refractivity contribution is 0.671. The van der Waals surface area contributed by atoms with Gasteiger partial charge >= 0.3 is 0 Å². The fourth-order valence-electron chi connectivity index (χ4n) is 7.68. The number of hydrogen-bond donors (Lipinski definition) is 0. The number of para-hydroxylation sites is 1. The number of fused-ring (bicyclic) bond motifs is 12. The van der Waals surface area contributed by atoms with E-state index in [0.717, 1.165) is 76.2 Å². The second kappa shape index (κ2) is 10.1. The maximum absolute atomic E-state index is 7.01. The lowest BCUT2D eigenvalue weighted by Crippen LogP contribution is -2.02. The zero-order valence-corrected chi connectivity index (χ0v) is 26.9. The molecule has 0 fully saturated rings. The minimum Gasteiger partial charge on any atom is -0.454 e. The van der Waals surface area contributed by atoms with Gasteiger partial charge in [-0.3, -0.25) is 4.57 Å². The molecule has 0 aliphatic heterocycles. The van der Waals surface area contributed by atoms with Crippen LogP contribution in [-0.2, 0) is 0 Å². The summed E-state index contributed by atoms with van der Waals surface area (Å²) in [4.78, 5) is 10.8. The highest BCUT2D eigenvalue weighted by atomic mass is 32.1. The van der Waals surface area contributed by atoms with E-state index in [2.05, 4.69) is 150 Å². The lowest BCUT2D eigenvalue weighted by atomic mass is 9.95. The van der Waals surface area contributed by atoms with Crippen LogP contribution in [0.1, 0.15) is 0 Å². The standard InChI is InChI=1S/C44H25N3OS/c1-3-13-26(14-4-1)34-25-36-38(30-19-8-7-17-28(30)34)33-24-23-31-29-18-9-11-21-35(29)47(41(31)42(33)48-36)44-45-39(27-15-5-2-6-16-27)43-40(46-44)32-20-10-12-22-37(32)49-43/h1-25H. The summed E-state index contributed by atoms with van der Waals surface area (Å²) in [6.07, 6.45) is 0. The summed E-state index contributed by atoms with van der Waals surface area (Å²) >= 11 is 1.75. The van der Waals surface area contributed by atoms with Crippen molar-refractivity contribution in [3.05, 3.63) is 152 Å². The van der Waals surface area contributed by atoms with Gasteiger partial charge in [0, 0.05) is 37.2 Å². The summed E-state index contributed by atoms with van der Waals surface area (Å²) in [7, 11) is 0. The SMILES string of the molecule is c1ccc(-c2cc3oc4c(ccc5c6ccccc6n(-c6nc(-c7ccccc7)c7sc8ccccc8c7n6)c54)c3c3ccccc23)cc1. The number of aromatic nitrogens is 3. The van der Waals surface area contributed by atoms with Crippen molar-refractivity contribution >= 4 is 86.2 Å². The molecule has 0 atom stereocenters. The van der Waals surface area contributed by atoms with Crippen LogP contribution in [0.25, 0.3) is 103 Å². The number of nitrogens with zero attached hydrogens (tertiary/aromatic N) is 3. The molecule has 0 radical (unpaired) electrons. The Bertz CT molecular complexity index is 3100. The average Bonchev–Trinajstić information content (AvgIpc) is 3.84. The van der Waals surface area contributed by atoms with Crippen LogP contribution in [-0.4, -0.2) is 14.5 Å². The van der Waals surface area contributed by atoms with Crippen LogP contribution in [0.2, 0.25) is 0 Å². The van der Waals surface area contributed by atoms with Crippen LogP contribution < -0.4 is 0 Å². The van der Waals surface area contributed by atoms with E-state index in [1.54, 1.807) is 11.3 Å². The minimum absolute atomic E-state index is 0.629. The van der Waals surface area contributed by atoms with E-state index in [4.69, 9.17) is 14.4 Å². The Morgan fingerprint density at radius 1 is 0.531 bits per heavy atom. The quantitative estimate of drug-likeness (QED) is 0.192. The predicted octanol–water partition coefficient (Wildman–Crippen LogP) is 12.3. The van der Waals surface area contributed by atoms with Crippen molar-refractivity contribution in [2.75, 3.05) is 0 Å². The highest BCUT2D eigenvalue weighted by Crippen LogP contribution is 2.45. The van der Waals surface area contributed by atoms with E-state index >= 15 is 0 Å². The van der Waals surface area contributed by atoms with E-state index in [1.807, 2.05) is 6.07 Å². The third-order valence-corrected chi connectivity index (χ3v) is 11.0. The van der Waals surface area contributed by atoms with Crippen molar-refractivity contribution in [3.8, 4) is 28.3 Å². The molecule has 4 heterocycles. The Morgan fingerprint density at radius 3 is 2.00 bits per heavy atom. The summed E-state index contributed by atoms with van der Waals surface area (Å²) in [6.45, 7) is 0. The van der Waals surface area contributed by atoms with Gasteiger partial charge in [-0.15, -0.1) is 11.3 Å². The van der Waals surface area contributed by atoms with Gasteiger partial charge in [0.1, 0.15) is 11.1 Å². The van der Waals surface area contributed by atoms with Gasteiger partial charge in [0.2, 0.25) is 5.95 Å². The fourth-order valence-corrected chi connectivity index (χ4v) is 8.83. The molecule has 7 aromatic carbocycles. The molecule has 0 unspecified atom stereocenters. The van der Waals surface area contributed by atoms with Crippen LogP contribution >= 0.6 is 11.3 Å². The molecule has 0 bridgehead atoms. The third kappa shape index (κ3) is 3.79. The molecular formula is C44H25N3OS. The van der Waals surface area contributed by atoms with E-state index < -0.39 is 0 Å². The Balaban J connectivity index is 1.30. The minimum atomic E-state index is 0.629. The molecule has 0 N–H and O–H groups in total. The van der Waals surface area contributed by atoms with Gasteiger partial charge in [-0.05, 0) is 46.2 Å². The number of benzene rings is 7. The highest BCUT2D eigenvalue weighted by Gasteiger charge is 2.24. The third-order valence-electron chi connectivity index (χ3n) is 9.82. The normalized spacial score (nSPS) is 12.1. The fraction of sp³-hybridized carbons (Fsp3) is 0. The summed E-state index contributed by atoms with van der Waals surface area (Å²) < 4.78 is 11.5. The molecule has 4 aromatic heterocycles. The second-order valence-corrected chi connectivity index (χ2v) is 13.6. The zero-order valence-electron chi connectivity index (χ0n) is 26.1. The second-order valence-electron chi connectivity index (χ2n) is 12.5. The molecule has 11 rings (SSSR count). The summed E-state index contributed by atoms with van der Waals surface area (Å²) in [6, 6.07) is 53.4. The van der Waals surface area contributed by atoms with Gasteiger partial charge in [-0.1, -0.05) is 127 Å². The smallest absolute Gasteiger partial charge is 0.236 e. The van der Waals surface area contributed by atoms with Crippen molar-refractivity contribution in [1.29, 1.82) is 0 Å². The van der Waals surface area contributed by atoms with Gasteiger partial charge in [-0.25, -0.2) is 9.97 Å². The predicted molar refractivity (Wildman–Crippen MR) is 205 cm³/mol. The van der Waals surface area contributed by atoms with Crippen LogP contribution in [0.4, 0.5) is 0 Å². The van der Waals surface area contributed by atoms with Crippen molar-refractivity contribution in [1.82, 2.24) is 14.5 Å². The zero-order chi connectivity index (χ0) is 32.1. The first-order valence-corrected chi connectivity index (χ1v) is 17.2. The Kier molecular flexibility index (Phi) is 5.51. The van der Waals surface area contributed by atoms with Crippen LogP contribution in [0.3, 0.4) is 0 Å². The lowest BCUT2D eigenvalue weighted by Gasteiger charge is -2.10. The van der Waals surface area contributed by atoms with Gasteiger partial charge in [0.05, 0.1) is 21.4 Å². The summed E-state index contributed by atoms with van der Waals surface area (Å²) in [5.41, 5.74) is 8.99. The average molecular weight is 644 g/mol. The molecule has 11 aromatic rings. The summed E-state index contributed by atoms with van der Waals surface area (Å²) in [5.74, 6) is 0.629. The van der Waals surface area contributed by atoms with E-state index in [1.165, 1.54) is 21.0 Å². The maximum Gasteiger partial charge on any atom is 0.236 e. The molecule has 0 spiro atoms. The molecule has 0 amide bonds. The van der Waals surface area contributed by atoms with Crippen molar-refractivity contribution in [3.63, 3.8) is 0 Å². The number of furan rings is 1. The number of thiophene rings is 1. The van der Waals surface area contributed by atoms with E-state index in [0.29, 0.717) is 5.95 Å². The highest BCUT2D eigenvalue weighted by molar-refractivity contribution is 7.26. The molecule has 228 valence electrons. The van der Waals surface area contributed by atoms with Gasteiger partial charge in [0.25, 0.3) is 0 Å². The van der Waals surface area contributed by atoms with Crippen LogP contribution in [0.15, 0.2) is 156 Å². The van der Waals surface area contributed by atoms with E-state index in [9.17, 15) is 0 Å². The topological polar surface area (TPSA) is 43.9 Å². The Labute approximate surface area is 284 Å². The number of hydrogen-bond acceptors (Lipinski definition) is 4. The van der Waals surface area contributed by atoms with Crippen LogP contribution in [0.5, 0.6) is 0 Å². The molecule has 4 nitrogen and oxygen atoms in total. The van der Waals surface area contributed by atoms with Crippen LogP contribution in [0, 0.1) is 0 Å². The largest absolute Gasteiger partial charge is 0.454 e. The summed E-state index contributed by atoms with van der Waals surface area (Å²) in [5, 5.41) is 7.95. The first-order valence-electron chi connectivity index (χ1n) is 16.4. The first kappa shape index (κ1) is 26.7. The molecule has 0 aliphatic rings. The van der Waals surface area contributed by atoms with Crippen molar-refractivity contribution in [2.24, 2.45) is 0 Å². The van der Waals surface area contributed by atoms with Gasteiger partial charge in [0.15, 0.2) is 5.58 Å². The Morgan fingerprint density at radius 2 is 1.18 bits per heavy atom. The Hall–Kier alpha value is -6.30. The molecule has 0 saturated heterocycles. The molecule has 5 heteroatoms. The van der Waals surface area contributed by atoms with Crippen molar-refractivity contribution < 1.29 is 4.42 Å². The first-order chi connectivity index (χ1) is 24.3. The van der Waals surface area contributed by atoms with E-state index in [-0.39, 0.29) is 0 Å². The molecule has 49 heavy (non-hydrogen) atoms. The molecule has 0 aliphatic carbocycles. The van der Waals surface area contributed by atoms with Crippen molar-refractivity contribution in [2.45, 2.75) is 0 Å². The number of rotatable bonds is 3. The van der Waals surface area contributed by atoms with Gasteiger partial charge in [-0.2, -0.15) is 0 Å². The maximum atomic E-state index is 7.01. The molecule has 0 saturated carbocycles. The monoisotopic (exact) mass is 643 g/mol. The van der Waals surface area contributed by atoms with Gasteiger partial charge < -0.3 is 4.42 Å². The molecular weight excluding hydrogens is 619 g/mol.